The number of anilines is 1. The van der Waals surface area contributed by atoms with Crippen LogP contribution in [0.1, 0.15) is 12.5 Å². The highest BCUT2D eigenvalue weighted by Gasteiger charge is 2.32. The number of hydrogen-bond acceptors (Lipinski definition) is 5. The summed E-state index contributed by atoms with van der Waals surface area (Å²) in [6.45, 7) is 1.17. The number of methoxy groups -OCH3 is 1. The van der Waals surface area contributed by atoms with Gasteiger partial charge in [-0.2, -0.15) is 0 Å². The first-order chi connectivity index (χ1) is 17.2. The molecule has 1 N–H and O–H groups in total. The monoisotopic (exact) mass is 529 g/mol. The fraction of sp³-hybridized carbons (Fsp3) is 0.231. The van der Waals surface area contributed by atoms with E-state index in [1.807, 2.05) is 30.3 Å². The van der Waals surface area contributed by atoms with Crippen molar-refractivity contribution in [2.75, 3.05) is 25.0 Å². The molecule has 0 heterocycles. The lowest BCUT2D eigenvalue weighted by Crippen LogP contribution is -2.50. The fourth-order valence-corrected chi connectivity index (χ4v) is 5.31. The minimum absolute atomic E-state index is 0.0127. The van der Waals surface area contributed by atoms with Gasteiger partial charge in [-0.05, 0) is 42.8 Å². The van der Waals surface area contributed by atoms with Crippen LogP contribution in [0.15, 0.2) is 83.8 Å². The average Bonchev–Trinajstić information content (AvgIpc) is 2.90. The lowest BCUT2D eigenvalue weighted by Gasteiger charge is -2.31. The Morgan fingerprint density at radius 3 is 2.17 bits per heavy atom. The highest BCUT2D eigenvalue weighted by Crippen LogP contribution is 2.32. The predicted octanol–water partition coefficient (Wildman–Crippen LogP) is 3.71. The Bertz CT molecular complexity index is 1300. The second-order valence-electron chi connectivity index (χ2n) is 7.94. The minimum Gasteiger partial charge on any atom is -0.495 e. The summed E-state index contributed by atoms with van der Waals surface area (Å²) in [6.07, 6.45) is 0. The molecule has 0 aromatic heterocycles. The van der Waals surface area contributed by atoms with Crippen molar-refractivity contribution >= 4 is 39.1 Å². The molecule has 0 radical (unpaired) electrons. The minimum atomic E-state index is -4.16. The van der Waals surface area contributed by atoms with Gasteiger partial charge in [0.05, 0.1) is 22.7 Å². The van der Waals surface area contributed by atoms with Crippen LogP contribution in [0.25, 0.3) is 0 Å². The van der Waals surface area contributed by atoms with Crippen LogP contribution in [0.3, 0.4) is 0 Å². The largest absolute Gasteiger partial charge is 0.495 e. The van der Waals surface area contributed by atoms with E-state index in [-0.39, 0.29) is 28.1 Å². The standard InChI is InChI=1S/C26H28ClN3O5S/c1-19(26(32)28-2)29(17-20-10-6-4-7-11-20)25(31)18-30(21-14-15-24(35-3)23(27)16-21)36(33,34)22-12-8-5-9-13-22/h4-16,19H,17-18H2,1-3H3,(H,28,32). The topological polar surface area (TPSA) is 96.0 Å². The molecule has 10 heteroatoms. The molecule has 0 saturated heterocycles. The molecule has 2 amide bonds. The van der Waals surface area contributed by atoms with Crippen molar-refractivity contribution in [3.8, 4) is 5.75 Å². The summed E-state index contributed by atoms with van der Waals surface area (Å²) in [5.41, 5.74) is 0.983. The van der Waals surface area contributed by atoms with Gasteiger partial charge in [0.15, 0.2) is 0 Å². The maximum Gasteiger partial charge on any atom is 0.264 e. The summed E-state index contributed by atoms with van der Waals surface area (Å²) >= 11 is 6.29. The third-order valence-electron chi connectivity index (χ3n) is 5.64. The third-order valence-corrected chi connectivity index (χ3v) is 7.73. The lowest BCUT2D eigenvalue weighted by atomic mass is 10.1. The molecular weight excluding hydrogens is 502 g/mol. The number of halogens is 1. The molecule has 0 spiro atoms. The number of sulfonamides is 1. The smallest absolute Gasteiger partial charge is 0.264 e. The second kappa shape index (κ2) is 11.9. The fourth-order valence-electron chi connectivity index (χ4n) is 3.63. The van der Waals surface area contributed by atoms with Gasteiger partial charge in [0, 0.05) is 13.6 Å². The Labute approximate surface area is 216 Å². The summed E-state index contributed by atoms with van der Waals surface area (Å²) < 4.78 is 33.5. The Morgan fingerprint density at radius 2 is 1.61 bits per heavy atom. The van der Waals surface area contributed by atoms with Crippen molar-refractivity contribution in [1.29, 1.82) is 0 Å². The molecule has 8 nitrogen and oxygen atoms in total. The molecule has 3 rings (SSSR count). The maximum atomic E-state index is 13.7. The number of hydrogen-bond donors (Lipinski definition) is 1. The van der Waals surface area contributed by atoms with Crippen LogP contribution in [-0.4, -0.2) is 51.9 Å². The number of nitrogens with zero attached hydrogens (tertiary/aromatic N) is 2. The molecule has 0 aliphatic carbocycles. The van der Waals surface area contributed by atoms with E-state index >= 15 is 0 Å². The molecule has 3 aromatic rings. The van der Waals surface area contributed by atoms with E-state index in [9.17, 15) is 18.0 Å². The molecule has 190 valence electrons. The highest BCUT2D eigenvalue weighted by molar-refractivity contribution is 7.92. The summed E-state index contributed by atoms with van der Waals surface area (Å²) in [5.74, 6) is -0.562. The van der Waals surface area contributed by atoms with Crippen LogP contribution in [0.2, 0.25) is 5.02 Å². The van der Waals surface area contributed by atoms with E-state index in [0.717, 1.165) is 9.87 Å². The second-order valence-corrected chi connectivity index (χ2v) is 10.2. The number of likely N-dealkylation sites (N-methyl/N-ethyl adjacent to an activating group) is 1. The average molecular weight is 530 g/mol. The van der Waals surface area contributed by atoms with Crippen molar-refractivity contribution in [2.45, 2.75) is 24.4 Å². The molecule has 0 aliphatic heterocycles. The Morgan fingerprint density at radius 1 is 1.00 bits per heavy atom. The molecule has 3 aromatic carbocycles. The SMILES string of the molecule is CNC(=O)C(C)N(Cc1ccccc1)C(=O)CN(c1ccc(OC)c(Cl)c1)S(=O)(=O)c1ccccc1. The van der Waals surface area contributed by atoms with E-state index in [4.69, 9.17) is 16.3 Å². The number of carbonyl (C=O) groups is 2. The summed E-state index contributed by atoms with van der Waals surface area (Å²) in [7, 11) is -1.23. The van der Waals surface area contributed by atoms with Crippen LogP contribution >= 0.6 is 11.6 Å². The molecule has 0 bridgehead atoms. The quantitative estimate of drug-likeness (QED) is 0.432. The van der Waals surface area contributed by atoms with E-state index in [2.05, 4.69) is 5.32 Å². The number of nitrogens with one attached hydrogen (secondary N) is 1. The van der Waals surface area contributed by atoms with Crippen LogP contribution in [0.5, 0.6) is 5.75 Å². The first-order valence-corrected chi connectivity index (χ1v) is 13.0. The predicted molar refractivity (Wildman–Crippen MR) is 139 cm³/mol. The summed E-state index contributed by atoms with van der Waals surface area (Å²) in [4.78, 5) is 27.5. The molecule has 0 saturated carbocycles. The molecular formula is C26H28ClN3O5S. The number of rotatable bonds is 10. The zero-order chi connectivity index (χ0) is 26.3. The number of carbonyl (C=O) groups excluding carboxylic acids is 2. The normalized spacial score (nSPS) is 11.9. The first kappa shape index (κ1) is 27.0. The number of benzene rings is 3. The summed E-state index contributed by atoms with van der Waals surface area (Å²) in [6, 6.07) is 20.6. The van der Waals surface area contributed by atoms with Crippen molar-refractivity contribution < 1.29 is 22.7 Å². The van der Waals surface area contributed by atoms with Crippen LogP contribution in [0.4, 0.5) is 5.69 Å². The van der Waals surface area contributed by atoms with E-state index < -0.39 is 28.5 Å². The Balaban J connectivity index is 2.05. The number of ether oxygens (including phenoxy) is 1. The van der Waals surface area contributed by atoms with Gasteiger partial charge in [0.25, 0.3) is 10.0 Å². The highest BCUT2D eigenvalue weighted by atomic mass is 35.5. The van der Waals surface area contributed by atoms with Gasteiger partial charge in [0.1, 0.15) is 18.3 Å². The van der Waals surface area contributed by atoms with Gasteiger partial charge in [-0.3, -0.25) is 13.9 Å². The zero-order valence-electron chi connectivity index (χ0n) is 20.2. The van der Waals surface area contributed by atoms with Crippen LogP contribution in [-0.2, 0) is 26.2 Å². The van der Waals surface area contributed by atoms with Gasteiger partial charge in [-0.1, -0.05) is 60.1 Å². The number of amides is 2. The molecule has 1 unspecified atom stereocenters. The van der Waals surface area contributed by atoms with Gasteiger partial charge in [-0.25, -0.2) is 8.42 Å². The van der Waals surface area contributed by atoms with Crippen LogP contribution in [0, 0.1) is 0 Å². The van der Waals surface area contributed by atoms with Crippen molar-refractivity contribution in [3.63, 3.8) is 0 Å². The van der Waals surface area contributed by atoms with Gasteiger partial charge < -0.3 is 15.0 Å². The lowest BCUT2D eigenvalue weighted by molar-refractivity contribution is -0.139. The van der Waals surface area contributed by atoms with E-state index in [1.54, 1.807) is 25.1 Å². The van der Waals surface area contributed by atoms with Gasteiger partial charge in [-0.15, -0.1) is 0 Å². The molecule has 0 aliphatic rings. The third kappa shape index (κ3) is 6.16. The first-order valence-electron chi connectivity index (χ1n) is 11.2. The molecule has 0 fully saturated rings. The van der Waals surface area contributed by atoms with Gasteiger partial charge in [0.2, 0.25) is 11.8 Å². The zero-order valence-corrected chi connectivity index (χ0v) is 21.8. The van der Waals surface area contributed by atoms with Gasteiger partial charge >= 0.3 is 0 Å². The van der Waals surface area contributed by atoms with Crippen molar-refractivity contribution in [1.82, 2.24) is 10.2 Å². The Kier molecular flexibility index (Phi) is 8.95. The summed E-state index contributed by atoms with van der Waals surface area (Å²) in [5, 5.41) is 2.74. The van der Waals surface area contributed by atoms with Crippen LogP contribution < -0.4 is 14.4 Å². The van der Waals surface area contributed by atoms with E-state index in [0.29, 0.717) is 5.75 Å². The van der Waals surface area contributed by atoms with Crippen molar-refractivity contribution in [2.24, 2.45) is 0 Å². The Hall–Kier alpha value is -3.56. The maximum absolute atomic E-state index is 13.7. The van der Waals surface area contributed by atoms with Crippen molar-refractivity contribution in [3.05, 3.63) is 89.4 Å². The molecule has 36 heavy (non-hydrogen) atoms. The molecule has 1 atom stereocenters. The van der Waals surface area contributed by atoms with E-state index in [1.165, 1.54) is 49.4 Å².